The third-order valence-electron chi connectivity index (χ3n) is 3.58. The van der Waals surface area contributed by atoms with Gasteiger partial charge in [0.2, 0.25) is 11.8 Å². The minimum Gasteiger partial charge on any atom is -0.411 e. The van der Waals surface area contributed by atoms with Crippen molar-refractivity contribution in [3.63, 3.8) is 0 Å². The zero-order chi connectivity index (χ0) is 20.3. The second kappa shape index (κ2) is 8.07. The highest BCUT2D eigenvalue weighted by atomic mass is 32.2. The molecule has 0 fully saturated rings. The van der Waals surface area contributed by atoms with Crippen LogP contribution in [0.15, 0.2) is 39.3 Å². The minimum atomic E-state index is -0.482. The maximum Gasteiger partial charge on any atom is 0.277 e. The fraction of sp³-hybridized carbons (Fsp3) is 0.294. The summed E-state index contributed by atoms with van der Waals surface area (Å²) in [6, 6.07) is 5.78. The van der Waals surface area contributed by atoms with Crippen LogP contribution >= 0.6 is 23.1 Å². The Balaban J connectivity index is 1.56. The standard InChI is InChI=1S/C17H17N5O4S2/c1-17(2,3)12-8-27-15(18-12)19-13(23)9-28-16-21-20-14(26-16)10-4-6-11(7-5-10)22(24)25/h4-8H,9H2,1-3H3,(H,18,19,23). The van der Waals surface area contributed by atoms with E-state index in [1.807, 2.05) is 5.38 Å². The SMILES string of the molecule is CC(C)(C)c1csc(NC(=O)CSc2nnc(-c3ccc([N+](=O)[O-])cc3)o2)n1. The smallest absolute Gasteiger partial charge is 0.277 e. The van der Waals surface area contributed by atoms with Gasteiger partial charge in [-0.25, -0.2) is 4.98 Å². The largest absolute Gasteiger partial charge is 0.411 e. The number of non-ortho nitro benzene ring substituents is 1. The Morgan fingerprint density at radius 3 is 2.61 bits per heavy atom. The summed E-state index contributed by atoms with van der Waals surface area (Å²) in [6.45, 7) is 6.17. The Labute approximate surface area is 168 Å². The summed E-state index contributed by atoms with van der Waals surface area (Å²) in [4.78, 5) is 26.7. The number of nitrogens with one attached hydrogen (secondary N) is 1. The average molecular weight is 419 g/mol. The van der Waals surface area contributed by atoms with Crippen LogP contribution in [-0.4, -0.2) is 31.8 Å². The van der Waals surface area contributed by atoms with Crippen molar-refractivity contribution in [2.24, 2.45) is 0 Å². The zero-order valence-electron chi connectivity index (χ0n) is 15.3. The van der Waals surface area contributed by atoms with Crippen molar-refractivity contribution in [1.82, 2.24) is 15.2 Å². The van der Waals surface area contributed by atoms with E-state index in [0.717, 1.165) is 17.5 Å². The maximum absolute atomic E-state index is 12.1. The van der Waals surface area contributed by atoms with Gasteiger partial charge < -0.3 is 9.73 Å². The van der Waals surface area contributed by atoms with Gasteiger partial charge in [-0.2, -0.15) is 0 Å². The Bertz CT molecular complexity index is 992. The molecule has 0 bridgehead atoms. The van der Waals surface area contributed by atoms with Crippen molar-refractivity contribution in [2.75, 3.05) is 11.1 Å². The molecule has 2 heterocycles. The van der Waals surface area contributed by atoms with Gasteiger partial charge >= 0.3 is 0 Å². The van der Waals surface area contributed by atoms with E-state index in [1.54, 1.807) is 0 Å². The van der Waals surface area contributed by atoms with Gasteiger partial charge in [0, 0.05) is 28.5 Å². The van der Waals surface area contributed by atoms with Gasteiger partial charge in [0.1, 0.15) is 0 Å². The molecular formula is C17H17N5O4S2. The third kappa shape index (κ3) is 4.93. The maximum atomic E-state index is 12.1. The van der Waals surface area contributed by atoms with Gasteiger partial charge in [-0.1, -0.05) is 32.5 Å². The number of benzene rings is 1. The van der Waals surface area contributed by atoms with Crippen LogP contribution in [0.2, 0.25) is 0 Å². The number of thiazole rings is 1. The van der Waals surface area contributed by atoms with Crippen molar-refractivity contribution >= 4 is 39.8 Å². The lowest BCUT2D eigenvalue weighted by atomic mass is 9.93. The number of amides is 1. The van der Waals surface area contributed by atoms with Crippen LogP contribution in [0, 0.1) is 10.1 Å². The van der Waals surface area contributed by atoms with Crippen molar-refractivity contribution in [3.8, 4) is 11.5 Å². The lowest BCUT2D eigenvalue weighted by Crippen LogP contribution is -2.15. The van der Waals surface area contributed by atoms with E-state index in [9.17, 15) is 14.9 Å². The Hall–Kier alpha value is -2.79. The summed E-state index contributed by atoms with van der Waals surface area (Å²) in [5.74, 6) is 0.0919. The number of nitro benzene ring substituents is 1. The summed E-state index contributed by atoms with van der Waals surface area (Å²) in [5.41, 5.74) is 1.38. The molecule has 0 saturated heterocycles. The molecule has 28 heavy (non-hydrogen) atoms. The molecule has 0 radical (unpaired) electrons. The first-order valence-electron chi connectivity index (χ1n) is 8.19. The first-order chi connectivity index (χ1) is 13.2. The number of nitro groups is 1. The van der Waals surface area contributed by atoms with Crippen molar-refractivity contribution in [3.05, 3.63) is 45.5 Å². The molecular weight excluding hydrogens is 402 g/mol. The Morgan fingerprint density at radius 1 is 1.29 bits per heavy atom. The number of carbonyl (C=O) groups excluding carboxylic acids is 1. The molecule has 0 atom stereocenters. The van der Waals surface area contributed by atoms with Gasteiger partial charge in [0.25, 0.3) is 10.9 Å². The topological polar surface area (TPSA) is 124 Å². The van der Waals surface area contributed by atoms with Crippen LogP contribution < -0.4 is 5.32 Å². The molecule has 0 aliphatic heterocycles. The van der Waals surface area contributed by atoms with Crippen LogP contribution in [0.4, 0.5) is 10.8 Å². The highest BCUT2D eigenvalue weighted by molar-refractivity contribution is 7.99. The van der Waals surface area contributed by atoms with Crippen molar-refractivity contribution in [2.45, 2.75) is 31.4 Å². The van der Waals surface area contributed by atoms with Crippen LogP contribution in [-0.2, 0) is 10.2 Å². The zero-order valence-corrected chi connectivity index (χ0v) is 17.0. The molecule has 0 spiro atoms. The molecule has 2 aromatic heterocycles. The van der Waals surface area contributed by atoms with Gasteiger partial charge in [0.05, 0.1) is 16.4 Å². The van der Waals surface area contributed by atoms with Crippen LogP contribution in [0.5, 0.6) is 0 Å². The molecule has 0 unspecified atom stereocenters. The second-order valence-corrected chi connectivity index (χ2v) is 8.59. The lowest BCUT2D eigenvalue weighted by molar-refractivity contribution is -0.384. The molecule has 3 rings (SSSR count). The van der Waals surface area contributed by atoms with E-state index in [2.05, 4.69) is 41.3 Å². The van der Waals surface area contributed by atoms with E-state index < -0.39 is 4.92 Å². The molecule has 146 valence electrons. The summed E-state index contributed by atoms with van der Waals surface area (Å²) >= 11 is 2.48. The first-order valence-corrected chi connectivity index (χ1v) is 10.1. The second-order valence-electron chi connectivity index (χ2n) is 6.80. The fourth-order valence-electron chi connectivity index (χ4n) is 2.07. The molecule has 1 amide bonds. The molecule has 0 aliphatic rings. The van der Waals surface area contributed by atoms with E-state index in [-0.39, 0.29) is 33.9 Å². The van der Waals surface area contributed by atoms with E-state index in [0.29, 0.717) is 10.7 Å². The quantitative estimate of drug-likeness (QED) is 0.359. The molecule has 3 aromatic rings. The van der Waals surface area contributed by atoms with Gasteiger partial charge in [0.15, 0.2) is 5.13 Å². The monoisotopic (exact) mass is 419 g/mol. The van der Waals surface area contributed by atoms with Crippen molar-refractivity contribution in [1.29, 1.82) is 0 Å². The van der Waals surface area contributed by atoms with E-state index >= 15 is 0 Å². The Kier molecular flexibility index (Phi) is 5.75. The number of carbonyl (C=O) groups is 1. The normalized spacial score (nSPS) is 11.4. The highest BCUT2D eigenvalue weighted by Gasteiger charge is 2.18. The van der Waals surface area contributed by atoms with Gasteiger partial charge in [-0.05, 0) is 12.1 Å². The number of anilines is 1. The summed E-state index contributed by atoms with van der Waals surface area (Å²) in [7, 11) is 0. The molecule has 0 saturated carbocycles. The van der Waals surface area contributed by atoms with Crippen LogP contribution in [0.25, 0.3) is 11.5 Å². The number of nitrogens with zero attached hydrogens (tertiary/aromatic N) is 4. The van der Waals surface area contributed by atoms with Crippen LogP contribution in [0.1, 0.15) is 26.5 Å². The average Bonchev–Trinajstić information content (AvgIpc) is 3.29. The molecule has 1 aromatic carbocycles. The van der Waals surface area contributed by atoms with E-state index in [4.69, 9.17) is 4.42 Å². The predicted molar refractivity (Wildman–Crippen MR) is 107 cm³/mol. The number of thioether (sulfide) groups is 1. The summed E-state index contributed by atoms with van der Waals surface area (Å²) in [6.07, 6.45) is 0. The third-order valence-corrected chi connectivity index (χ3v) is 5.15. The number of hydrogen-bond acceptors (Lipinski definition) is 9. The van der Waals surface area contributed by atoms with Crippen LogP contribution in [0.3, 0.4) is 0 Å². The predicted octanol–water partition coefficient (Wildman–Crippen LogP) is 4.13. The van der Waals surface area contributed by atoms with Crippen molar-refractivity contribution < 1.29 is 14.1 Å². The van der Waals surface area contributed by atoms with Gasteiger partial charge in [-0.3, -0.25) is 14.9 Å². The number of aromatic nitrogens is 3. The van der Waals surface area contributed by atoms with E-state index in [1.165, 1.54) is 35.6 Å². The lowest BCUT2D eigenvalue weighted by Gasteiger charge is -2.14. The summed E-state index contributed by atoms with van der Waals surface area (Å²) in [5, 5.41) is 23.9. The highest BCUT2D eigenvalue weighted by Crippen LogP contribution is 2.27. The molecule has 1 N–H and O–H groups in total. The Morgan fingerprint density at radius 2 is 2.00 bits per heavy atom. The fourth-order valence-corrected chi connectivity index (χ4v) is 3.59. The first kappa shape index (κ1) is 20.0. The molecule has 9 nitrogen and oxygen atoms in total. The van der Waals surface area contributed by atoms with Gasteiger partial charge in [-0.15, -0.1) is 21.5 Å². The summed E-state index contributed by atoms with van der Waals surface area (Å²) < 4.78 is 5.50. The number of hydrogen-bond donors (Lipinski definition) is 1. The molecule has 11 heteroatoms. The number of rotatable bonds is 6. The molecule has 0 aliphatic carbocycles. The minimum absolute atomic E-state index is 0.0219.